The number of rotatable bonds is 3. The molecule has 1 aliphatic heterocycles. The molecule has 1 saturated carbocycles. The standard InChI is InChI=1S/C24H32N6O/c1-16-4-6-18(7-5-16)24(31)30-12-10-29(11-13-30)22-8-9-25-23-19(22)14-21(27-23)20-15-26-28(3)17(20)2/h8-9,14-16,18H,4-7,10-13H2,1-3H3,(H,25,27). The van der Waals surface area contributed by atoms with Gasteiger partial charge in [-0.2, -0.15) is 5.10 Å². The molecule has 3 aromatic heterocycles. The summed E-state index contributed by atoms with van der Waals surface area (Å²) in [6, 6.07) is 4.28. The summed E-state index contributed by atoms with van der Waals surface area (Å²) in [6.45, 7) is 7.70. The molecular formula is C24H32N6O. The quantitative estimate of drug-likeness (QED) is 0.701. The summed E-state index contributed by atoms with van der Waals surface area (Å²) in [4.78, 5) is 25.5. The minimum absolute atomic E-state index is 0.241. The predicted octanol–water partition coefficient (Wildman–Crippen LogP) is 3.75. The van der Waals surface area contributed by atoms with E-state index in [1.54, 1.807) is 0 Å². The second-order valence-corrected chi connectivity index (χ2v) is 9.31. The van der Waals surface area contributed by atoms with Gasteiger partial charge < -0.3 is 14.8 Å². The molecule has 0 radical (unpaired) electrons. The topological polar surface area (TPSA) is 70.1 Å². The molecule has 2 fully saturated rings. The lowest BCUT2D eigenvalue weighted by Gasteiger charge is -2.38. The van der Waals surface area contributed by atoms with Crippen molar-refractivity contribution >= 4 is 22.6 Å². The van der Waals surface area contributed by atoms with Crippen LogP contribution in [0.5, 0.6) is 0 Å². The zero-order valence-corrected chi connectivity index (χ0v) is 18.8. The van der Waals surface area contributed by atoms with Crippen LogP contribution in [0.25, 0.3) is 22.3 Å². The Kier molecular flexibility index (Phi) is 5.20. The van der Waals surface area contributed by atoms with E-state index in [1.807, 2.05) is 24.1 Å². The fraction of sp³-hybridized carbons (Fsp3) is 0.542. The van der Waals surface area contributed by atoms with E-state index in [0.29, 0.717) is 5.91 Å². The van der Waals surface area contributed by atoms with Gasteiger partial charge in [0.05, 0.1) is 11.9 Å². The zero-order valence-electron chi connectivity index (χ0n) is 18.8. The summed E-state index contributed by atoms with van der Waals surface area (Å²) in [6.07, 6.45) is 8.27. The Hall–Kier alpha value is -2.83. The molecule has 3 aromatic rings. The SMILES string of the molecule is Cc1c(-c2cc3c(N4CCN(C(=O)C5CCC(C)CC5)CC4)ccnc3[nH]2)cnn1C. The number of amides is 1. The minimum Gasteiger partial charge on any atom is -0.367 e. The van der Waals surface area contributed by atoms with Gasteiger partial charge in [0.25, 0.3) is 0 Å². The molecule has 0 atom stereocenters. The molecule has 0 aromatic carbocycles. The van der Waals surface area contributed by atoms with Crippen molar-refractivity contribution in [3.8, 4) is 11.3 Å². The van der Waals surface area contributed by atoms with Crippen LogP contribution in [0.3, 0.4) is 0 Å². The number of aromatic amines is 1. The average Bonchev–Trinajstić information content (AvgIpc) is 3.37. The van der Waals surface area contributed by atoms with Gasteiger partial charge in [-0.05, 0) is 50.7 Å². The normalized spacial score (nSPS) is 22.3. The number of aryl methyl sites for hydroxylation is 1. The molecule has 1 saturated heterocycles. The smallest absolute Gasteiger partial charge is 0.225 e. The maximum Gasteiger partial charge on any atom is 0.225 e. The summed E-state index contributed by atoms with van der Waals surface area (Å²) in [5.74, 6) is 1.39. The number of anilines is 1. The molecule has 31 heavy (non-hydrogen) atoms. The van der Waals surface area contributed by atoms with Crippen molar-refractivity contribution in [1.29, 1.82) is 0 Å². The number of H-pyrrole nitrogens is 1. The highest BCUT2D eigenvalue weighted by atomic mass is 16.2. The maximum absolute atomic E-state index is 13.0. The third-order valence-corrected chi connectivity index (χ3v) is 7.33. The van der Waals surface area contributed by atoms with Gasteiger partial charge in [-0.25, -0.2) is 4.98 Å². The molecule has 7 nitrogen and oxygen atoms in total. The van der Waals surface area contributed by atoms with Crippen LogP contribution in [-0.2, 0) is 11.8 Å². The van der Waals surface area contributed by atoms with E-state index in [1.165, 1.54) is 18.5 Å². The van der Waals surface area contributed by atoms with Gasteiger partial charge in [0.2, 0.25) is 5.91 Å². The van der Waals surface area contributed by atoms with Gasteiger partial charge in [0, 0.05) is 67.7 Å². The van der Waals surface area contributed by atoms with E-state index in [2.05, 4.69) is 50.8 Å². The van der Waals surface area contributed by atoms with Crippen molar-refractivity contribution in [3.63, 3.8) is 0 Å². The number of piperazine rings is 1. The van der Waals surface area contributed by atoms with Gasteiger partial charge >= 0.3 is 0 Å². The molecule has 164 valence electrons. The highest BCUT2D eigenvalue weighted by molar-refractivity contribution is 5.94. The number of nitrogens with one attached hydrogen (secondary N) is 1. The summed E-state index contributed by atoms with van der Waals surface area (Å²) in [5, 5.41) is 5.50. The van der Waals surface area contributed by atoms with Gasteiger partial charge in [-0.3, -0.25) is 9.48 Å². The highest BCUT2D eigenvalue weighted by Crippen LogP contribution is 2.33. The van der Waals surface area contributed by atoms with Crippen molar-refractivity contribution in [2.45, 2.75) is 39.5 Å². The molecule has 7 heteroatoms. The van der Waals surface area contributed by atoms with Crippen LogP contribution in [0.1, 0.15) is 38.3 Å². The second-order valence-electron chi connectivity index (χ2n) is 9.31. The molecule has 0 unspecified atom stereocenters. The van der Waals surface area contributed by atoms with Crippen molar-refractivity contribution in [1.82, 2.24) is 24.6 Å². The Morgan fingerprint density at radius 1 is 1.13 bits per heavy atom. The van der Waals surface area contributed by atoms with Crippen LogP contribution in [0.15, 0.2) is 24.5 Å². The number of pyridine rings is 1. The largest absolute Gasteiger partial charge is 0.367 e. The number of hydrogen-bond acceptors (Lipinski definition) is 4. The fourth-order valence-electron chi connectivity index (χ4n) is 5.13. The van der Waals surface area contributed by atoms with Crippen molar-refractivity contribution in [2.24, 2.45) is 18.9 Å². The molecule has 2 aliphatic rings. The molecule has 4 heterocycles. The van der Waals surface area contributed by atoms with E-state index < -0.39 is 0 Å². The first-order valence-electron chi connectivity index (χ1n) is 11.5. The first-order valence-corrected chi connectivity index (χ1v) is 11.5. The lowest BCUT2D eigenvalue weighted by atomic mass is 9.82. The van der Waals surface area contributed by atoms with Crippen LogP contribution in [0, 0.1) is 18.8 Å². The number of carbonyl (C=O) groups excluding carboxylic acids is 1. The Morgan fingerprint density at radius 2 is 1.87 bits per heavy atom. The molecule has 1 N–H and O–H groups in total. The Morgan fingerprint density at radius 3 is 2.55 bits per heavy atom. The second kappa shape index (κ2) is 8.02. The molecule has 0 spiro atoms. The molecule has 0 bridgehead atoms. The first kappa shape index (κ1) is 20.1. The van der Waals surface area contributed by atoms with Crippen molar-refractivity contribution in [2.75, 3.05) is 31.1 Å². The van der Waals surface area contributed by atoms with Crippen LogP contribution in [-0.4, -0.2) is 56.7 Å². The van der Waals surface area contributed by atoms with Crippen LogP contribution >= 0.6 is 0 Å². The third kappa shape index (κ3) is 3.70. The number of nitrogens with zero attached hydrogens (tertiary/aromatic N) is 5. The summed E-state index contributed by atoms with van der Waals surface area (Å²) in [5.41, 5.74) is 5.35. The maximum atomic E-state index is 13.0. The van der Waals surface area contributed by atoms with Gasteiger partial charge in [0.1, 0.15) is 5.65 Å². The molecular weight excluding hydrogens is 388 g/mol. The van der Waals surface area contributed by atoms with Crippen LogP contribution in [0.2, 0.25) is 0 Å². The third-order valence-electron chi connectivity index (χ3n) is 7.33. The number of aromatic nitrogens is 4. The van der Waals surface area contributed by atoms with Gasteiger partial charge in [0.15, 0.2) is 0 Å². The van der Waals surface area contributed by atoms with Crippen molar-refractivity contribution < 1.29 is 4.79 Å². The zero-order chi connectivity index (χ0) is 21.5. The monoisotopic (exact) mass is 420 g/mol. The minimum atomic E-state index is 0.241. The van der Waals surface area contributed by atoms with E-state index in [-0.39, 0.29) is 5.92 Å². The van der Waals surface area contributed by atoms with E-state index in [4.69, 9.17) is 0 Å². The van der Waals surface area contributed by atoms with Crippen molar-refractivity contribution in [3.05, 3.63) is 30.2 Å². The Labute approximate surface area is 183 Å². The summed E-state index contributed by atoms with van der Waals surface area (Å²) < 4.78 is 1.89. The van der Waals surface area contributed by atoms with Gasteiger partial charge in [-0.15, -0.1) is 0 Å². The molecule has 1 aliphatic carbocycles. The fourth-order valence-corrected chi connectivity index (χ4v) is 5.13. The average molecular weight is 421 g/mol. The molecule has 5 rings (SSSR count). The number of carbonyl (C=O) groups is 1. The van der Waals surface area contributed by atoms with Crippen LogP contribution in [0.4, 0.5) is 5.69 Å². The Bertz CT molecular complexity index is 1080. The van der Waals surface area contributed by atoms with Gasteiger partial charge in [-0.1, -0.05) is 6.92 Å². The first-order chi connectivity index (χ1) is 15.0. The van der Waals surface area contributed by atoms with E-state index >= 15 is 0 Å². The summed E-state index contributed by atoms with van der Waals surface area (Å²) in [7, 11) is 1.96. The number of fused-ring (bicyclic) bond motifs is 1. The summed E-state index contributed by atoms with van der Waals surface area (Å²) >= 11 is 0. The van der Waals surface area contributed by atoms with Crippen LogP contribution < -0.4 is 4.90 Å². The molecule has 1 amide bonds. The highest BCUT2D eigenvalue weighted by Gasteiger charge is 2.30. The Balaban J connectivity index is 1.32. The van der Waals surface area contributed by atoms with E-state index in [9.17, 15) is 4.79 Å². The predicted molar refractivity (Wildman–Crippen MR) is 123 cm³/mol. The lowest BCUT2D eigenvalue weighted by molar-refractivity contribution is -0.137. The number of hydrogen-bond donors (Lipinski definition) is 1. The van der Waals surface area contributed by atoms with E-state index in [0.717, 1.165) is 72.9 Å². The lowest BCUT2D eigenvalue weighted by Crippen LogP contribution is -2.50.